The number of hydrogen-bond donors (Lipinski definition) is 1. The first-order valence-electron chi connectivity index (χ1n) is 7.25. The van der Waals surface area contributed by atoms with Crippen LogP contribution in [-0.2, 0) is 26.3 Å². The quantitative estimate of drug-likeness (QED) is 0.822. The first-order chi connectivity index (χ1) is 11.1. The average molecular weight is 388 g/mol. The van der Waals surface area contributed by atoms with Gasteiger partial charge in [-0.1, -0.05) is 24.9 Å². The van der Waals surface area contributed by atoms with Gasteiger partial charge in [0.25, 0.3) is 10.0 Å². The average Bonchev–Trinajstić information content (AvgIpc) is 2.49. The summed E-state index contributed by atoms with van der Waals surface area (Å²) in [4.78, 5) is 0.0620. The van der Waals surface area contributed by atoms with Crippen LogP contribution in [0.1, 0.15) is 18.9 Å². The fourth-order valence-corrected chi connectivity index (χ4v) is 4.13. The highest BCUT2D eigenvalue weighted by Gasteiger charge is 2.17. The summed E-state index contributed by atoms with van der Waals surface area (Å²) in [7, 11) is -7.19. The minimum atomic E-state index is -3.82. The molecule has 130 valence electrons. The molecular weight excluding hydrogens is 370 g/mol. The van der Waals surface area contributed by atoms with E-state index in [0.29, 0.717) is 17.1 Å². The van der Waals surface area contributed by atoms with E-state index in [-0.39, 0.29) is 9.79 Å². The van der Waals surface area contributed by atoms with E-state index in [1.165, 1.54) is 24.3 Å². The molecule has 0 heterocycles. The van der Waals surface area contributed by atoms with E-state index in [1.54, 1.807) is 18.2 Å². The molecule has 0 aromatic heterocycles. The van der Waals surface area contributed by atoms with Crippen LogP contribution in [0.2, 0.25) is 5.02 Å². The van der Waals surface area contributed by atoms with Crippen LogP contribution in [0.25, 0.3) is 0 Å². The number of anilines is 1. The van der Waals surface area contributed by atoms with Crippen LogP contribution in [0, 0.1) is 0 Å². The van der Waals surface area contributed by atoms with Gasteiger partial charge in [0.2, 0.25) is 0 Å². The maximum atomic E-state index is 12.5. The summed E-state index contributed by atoms with van der Waals surface area (Å²) in [6, 6.07) is 10.1. The molecule has 0 fully saturated rings. The van der Waals surface area contributed by atoms with Gasteiger partial charge in [-0.3, -0.25) is 4.72 Å². The van der Waals surface area contributed by atoms with Crippen LogP contribution < -0.4 is 4.72 Å². The molecule has 5 nitrogen and oxygen atoms in total. The third-order valence-electron chi connectivity index (χ3n) is 3.39. The van der Waals surface area contributed by atoms with Gasteiger partial charge >= 0.3 is 0 Å². The van der Waals surface area contributed by atoms with Crippen molar-refractivity contribution < 1.29 is 16.8 Å². The number of rotatable bonds is 6. The van der Waals surface area contributed by atoms with E-state index in [0.717, 1.165) is 18.2 Å². The van der Waals surface area contributed by atoms with Crippen LogP contribution in [-0.4, -0.2) is 23.1 Å². The maximum Gasteiger partial charge on any atom is 0.261 e. The Balaban J connectivity index is 2.35. The summed E-state index contributed by atoms with van der Waals surface area (Å²) >= 11 is 5.97. The van der Waals surface area contributed by atoms with Crippen molar-refractivity contribution in [1.29, 1.82) is 0 Å². The molecule has 0 spiro atoms. The molecule has 0 aliphatic rings. The predicted molar refractivity (Wildman–Crippen MR) is 95.8 cm³/mol. The van der Waals surface area contributed by atoms with E-state index in [2.05, 4.69) is 4.72 Å². The first kappa shape index (κ1) is 18.8. The van der Waals surface area contributed by atoms with Crippen molar-refractivity contribution in [2.75, 3.05) is 11.0 Å². The molecule has 0 radical (unpaired) electrons. The molecule has 0 saturated heterocycles. The molecular formula is C16H18ClNO4S2. The van der Waals surface area contributed by atoms with Crippen LogP contribution in [0.4, 0.5) is 5.69 Å². The zero-order chi connectivity index (χ0) is 18.0. The Labute approximate surface area is 147 Å². The highest BCUT2D eigenvalue weighted by molar-refractivity contribution is 7.92. The third kappa shape index (κ3) is 4.49. The summed E-state index contributed by atoms with van der Waals surface area (Å²) in [5.74, 6) is 0. The Kier molecular flexibility index (Phi) is 5.57. The third-order valence-corrected chi connectivity index (χ3v) is 6.14. The van der Waals surface area contributed by atoms with Crippen molar-refractivity contribution in [3.8, 4) is 0 Å². The minimum absolute atomic E-state index is 0.00713. The van der Waals surface area contributed by atoms with Crippen LogP contribution in [0.15, 0.2) is 52.3 Å². The number of halogens is 1. The Morgan fingerprint density at radius 2 is 1.54 bits per heavy atom. The molecule has 0 saturated carbocycles. The maximum absolute atomic E-state index is 12.5. The Hall–Kier alpha value is -1.57. The molecule has 0 atom stereocenters. The van der Waals surface area contributed by atoms with Crippen molar-refractivity contribution in [2.45, 2.75) is 29.6 Å². The minimum Gasteiger partial charge on any atom is -0.279 e. The summed E-state index contributed by atoms with van der Waals surface area (Å²) in [6.45, 7) is 1.99. The summed E-state index contributed by atoms with van der Waals surface area (Å²) < 4.78 is 50.5. The number of benzene rings is 2. The standard InChI is InChI=1S/C16H18ClNO4S2/c1-3-4-12-11-13(17)5-10-16(12)18-24(21,22)15-8-6-14(7-9-15)23(2,19)20/h5-11,18H,3-4H2,1-2H3. The molecule has 0 aliphatic carbocycles. The normalized spacial score (nSPS) is 12.1. The van der Waals surface area contributed by atoms with Gasteiger partial charge in [0.15, 0.2) is 9.84 Å². The smallest absolute Gasteiger partial charge is 0.261 e. The molecule has 2 rings (SSSR count). The highest BCUT2D eigenvalue weighted by atomic mass is 35.5. The van der Waals surface area contributed by atoms with Gasteiger partial charge in [-0.2, -0.15) is 0 Å². The Bertz CT molecular complexity index is 937. The fraction of sp³-hybridized carbons (Fsp3) is 0.250. The number of nitrogens with one attached hydrogen (secondary N) is 1. The van der Waals surface area contributed by atoms with Crippen LogP contribution in [0.5, 0.6) is 0 Å². The molecule has 0 unspecified atom stereocenters. The lowest BCUT2D eigenvalue weighted by Gasteiger charge is -2.13. The lowest BCUT2D eigenvalue weighted by atomic mass is 10.1. The number of hydrogen-bond acceptors (Lipinski definition) is 4. The monoisotopic (exact) mass is 387 g/mol. The summed E-state index contributed by atoms with van der Waals surface area (Å²) in [5.41, 5.74) is 1.27. The van der Waals surface area contributed by atoms with E-state index in [1.807, 2.05) is 6.92 Å². The van der Waals surface area contributed by atoms with Gasteiger partial charge < -0.3 is 0 Å². The SMILES string of the molecule is CCCc1cc(Cl)ccc1NS(=O)(=O)c1ccc(S(C)(=O)=O)cc1. The van der Waals surface area contributed by atoms with Crippen molar-refractivity contribution in [3.05, 3.63) is 53.1 Å². The van der Waals surface area contributed by atoms with Gasteiger partial charge in [-0.25, -0.2) is 16.8 Å². The second-order valence-electron chi connectivity index (χ2n) is 5.40. The van der Waals surface area contributed by atoms with Crippen molar-refractivity contribution in [1.82, 2.24) is 0 Å². The lowest BCUT2D eigenvalue weighted by Crippen LogP contribution is -2.14. The van der Waals surface area contributed by atoms with Crippen LogP contribution >= 0.6 is 11.6 Å². The summed E-state index contributed by atoms with van der Waals surface area (Å²) in [6.07, 6.45) is 2.60. The van der Waals surface area contributed by atoms with E-state index in [9.17, 15) is 16.8 Å². The second kappa shape index (κ2) is 7.13. The van der Waals surface area contributed by atoms with Gasteiger partial charge in [0.05, 0.1) is 15.5 Å². The lowest BCUT2D eigenvalue weighted by molar-refractivity contribution is 0.597. The molecule has 2 aromatic rings. The number of aryl methyl sites for hydroxylation is 1. The molecule has 24 heavy (non-hydrogen) atoms. The molecule has 0 bridgehead atoms. The molecule has 2 aromatic carbocycles. The highest BCUT2D eigenvalue weighted by Crippen LogP contribution is 2.25. The molecule has 0 aliphatic heterocycles. The second-order valence-corrected chi connectivity index (χ2v) is 9.54. The zero-order valence-electron chi connectivity index (χ0n) is 13.3. The van der Waals surface area contributed by atoms with Gasteiger partial charge in [0, 0.05) is 11.3 Å². The van der Waals surface area contributed by atoms with Crippen molar-refractivity contribution >= 4 is 37.1 Å². The van der Waals surface area contributed by atoms with Crippen LogP contribution in [0.3, 0.4) is 0 Å². The number of sulfone groups is 1. The molecule has 8 heteroatoms. The Morgan fingerprint density at radius 3 is 2.08 bits per heavy atom. The molecule has 1 N–H and O–H groups in total. The van der Waals surface area contributed by atoms with Crippen molar-refractivity contribution in [3.63, 3.8) is 0 Å². The van der Waals surface area contributed by atoms with Gasteiger partial charge in [-0.05, 0) is 54.4 Å². The van der Waals surface area contributed by atoms with Gasteiger partial charge in [-0.15, -0.1) is 0 Å². The largest absolute Gasteiger partial charge is 0.279 e. The number of sulfonamides is 1. The van der Waals surface area contributed by atoms with E-state index >= 15 is 0 Å². The van der Waals surface area contributed by atoms with Crippen molar-refractivity contribution in [2.24, 2.45) is 0 Å². The topological polar surface area (TPSA) is 80.3 Å². The van der Waals surface area contributed by atoms with Gasteiger partial charge in [0.1, 0.15) is 0 Å². The molecule has 0 amide bonds. The Morgan fingerprint density at radius 1 is 0.958 bits per heavy atom. The summed E-state index contributed by atoms with van der Waals surface area (Å²) in [5, 5.41) is 0.541. The first-order valence-corrected chi connectivity index (χ1v) is 11.0. The van der Waals surface area contributed by atoms with E-state index < -0.39 is 19.9 Å². The fourth-order valence-electron chi connectivity index (χ4n) is 2.21. The predicted octanol–water partition coefficient (Wildman–Crippen LogP) is 3.50. The van der Waals surface area contributed by atoms with E-state index in [4.69, 9.17) is 11.6 Å². The zero-order valence-corrected chi connectivity index (χ0v) is 15.7.